The number of allylic oxidation sites excluding steroid dienone is 2. The van der Waals surface area contributed by atoms with Crippen molar-refractivity contribution in [2.45, 2.75) is 54.4 Å². The number of carbonyl (C=O) groups is 1. The van der Waals surface area contributed by atoms with Gasteiger partial charge in [0.15, 0.2) is 0 Å². The van der Waals surface area contributed by atoms with Crippen LogP contribution < -0.4 is 0 Å². The van der Waals surface area contributed by atoms with Crippen molar-refractivity contribution in [2.24, 2.45) is 11.3 Å². The molecule has 0 fully saturated rings. The highest BCUT2D eigenvalue weighted by Gasteiger charge is 2.26. The van der Waals surface area contributed by atoms with E-state index in [-0.39, 0.29) is 11.4 Å². The minimum atomic E-state index is -0.190. The van der Waals surface area contributed by atoms with E-state index in [2.05, 4.69) is 40.7 Å². The van der Waals surface area contributed by atoms with Crippen molar-refractivity contribution < 1.29 is 9.53 Å². The summed E-state index contributed by atoms with van der Waals surface area (Å²) in [4.78, 5) is 10.8. The molecular formula is C14H26O2. The third-order valence-electron chi connectivity index (χ3n) is 3.13. The van der Waals surface area contributed by atoms with Gasteiger partial charge in [-0.2, -0.15) is 0 Å². The predicted molar refractivity (Wildman–Crippen MR) is 68.2 cm³/mol. The van der Waals surface area contributed by atoms with Gasteiger partial charge in [0.05, 0.1) is 6.61 Å². The van der Waals surface area contributed by atoms with Gasteiger partial charge in [-0.05, 0) is 32.6 Å². The van der Waals surface area contributed by atoms with Gasteiger partial charge in [-0.25, -0.2) is 0 Å². The number of esters is 1. The minimum Gasteiger partial charge on any atom is -0.465 e. The molecule has 0 saturated heterocycles. The molecule has 16 heavy (non-hydrogen) atoms. The highest BCUT2D eigenvalue weighted by molar-refractivity contribution is 5.65. The smallest absolute Gasteiger partial charge is 0.302 e. The molecule has 94 valence electrons. The van der Waals surface area contributed by atoms with E-state index < -0.39 is 0 Å². The van der Waals surface area contributed by atoms with Crippen molar-refractivity contribution in [3.63, 3.8) is 0 Å². The average Bonchev–Trinajstić information content (AvgIpc) is 2.14. The van der Waals surface area contributed by atoms with Crippen LogP contribution in [0.25, 0.3) is 0 Å². The second-order valence-electron chi connectivity index (χ2n) is 5.53. The van der Waals surface area contributed by atoms with Gasteiger partial charge in [-0.3, -0.25) is 4.79 Å². The number of carbonyl (C=O) groups excluding carboxylic acids is 1. The van der Waals surface area contributed by atoms with Crippen molar-refractivity contribution in [3.05, 3.63) is 11.6 Å². The van der Waals surface area contributed by atoms with Gasteiger partial charge in [0, 0.05) is 12.3 Å². The Kier molecular flexibility index (Phi) is 6.39. The molecule has 0 heterocycles. The van der Waals surface area contributed by atoms with Crippen molar-refractivity contribution in [1.82, 2.24) is 0 Å². The molecule has 0 aliphatic rings. The summed E-state index contributed by atoms with van der Waals surface area (Å²) in [5.74, 6) is 0.354. The Morgan fingerprint density at radius 1 is 1.31 bits per heavy atom. The first-order valence-corrected chi connectivity index (χ1v) is 6.02. The summed E-state index contributed by atoms with van der Waals surface area (Å²) in [6.45, 7) is 12.8. The Morgan fingerprint density at radius 2 is 1.88 bits per heavy atom. The molecule has 0 aromatic heterocycles. The number of rotatable bonds is 6. The van der Waals surface area contributed by atoms with E-state index in [9.17, 15) is 4.79 Å². The van der Waals surface area contributed by atoms with Crippen LogP contribution in [-0.4, -0.2) is 12.6 Å². The molecule has 0 radical (unpaired) electrons. The van der Waals surface area contributed by atoms with Gasteiger partial charge in [0.25, 0.3) is 0 Å². The third kappa shape index (κ3) is 6.65. The van der Waals surface area contributed by atoms with E-state index in [0.29, 0.717) is 12.5 Å². The molecule has 2 heteroatoms. The molecule has 0 saturated carbocycles. The summed E-state index contributed by atoms with van der Waals surface area (Å²) < 4.78 is 5.10. The first kappa shape index (κ1) is 15.2. The van der Waals surface area contributed by atoms with Crippen LogP contribution in [0, 0.1) is 11.3 Å². The number of ether oxygens (including phenoxy) is 1. The predicted octanol–water partition coefficient (Wildman–Crippen LogP) is 3.96. The van der Waals surface area contributed by atoms with Gasteiger partial charge in [-0.15, -0.1) is 0 Å². The summed E-state index contributed by atoms with van der Waals surface area (Å²) in [5, 5.41) is 0. The zero-order valence-corrected chi connectivity index (χ0v) is 11.6. The van der Waals surface area contributed by atoms with Crippen LogP contribution in [0.4, 0.5) is 0 Å². The molecule has 0 spiro atoms. The summed E-state index contributed by atoms with van der Waals surface area (Å²) in [7, 11) is 0. The first-order valence-electron chi connectivity index (χ1n) is 6.02. The van der Waals surface area contributed by atoms with Crippen LogP contribution in [0.15, 0.2) is 11.6 Å². The molecule has 0 aliphatic carbocycles. The van der Waals surface area contributed by atoms with Gasteiger partial charge in [0.1, 0.15) is 0 Å². The van der Waals surface area contributed by atoms with E-state index in [4.69, 9.17) is 4.74 Å². The Bertz CT molecular complexity index is 247. The lowest BCUT2D eigenvalue weighted by Crippen LogP contribution is -2.28. The summed E-state index contributed by atoms with van der Waals surface area (Å²) in [6.07, 6.45) is 4.50. The Labute approximate surface area is 100 Å². The van der Waals surface area contributed by atoms with Crippen LogP contribution in [0.3, 0.4) is 0 Å². The zero-order chi connectivity index (χ0) is 12.8. The van der Waals surface area contributed by atoms with Crippen LogP contribution in [-0.2, 0) is 9.53 Å². The number of hydrogen-bond donors (Lipinski definition) is 0. The molecular weight excluding hydrogens is 200 g/mol. The van der Waals surface area contributed by atoms with Gasteiger partial charge in [-0.1, -0.05) is 32.4 Å². The Hall–Kier alpha value is -0.790. The monoisotopic (exact) mass is 226 g/mol. The fourth-order valence-corrected chi connectivity index (χ4v) is 1.44. The van der Waals surface area contributed by atoms with Crippen molar-refractivity contribution in [1.29, 1.82) is 0 Å². The molecule has 0 bridgehead atoms. The third-order valence-corrected chi connectivity index (χ3v) is 3.13. The standard InChI is InChI=1S/C14H26O2/c1-11(2)8-7-9-12(3)14(5,6)10-16-13(4)15/h8,12H,7,9-10H2,1-6H3. The molecule has 0 aromatic rings. The summed E-state index contributed by atoms with van der Waals surface area (Å²) in [6, 6.07) is 0. The van der Waals surface area contributed by atoms with E-state index in [1.165, 1.54) is 12.5 Å². The maximum Gasteiger partial charge on any atom is 0.302 e. The Balaban J connectivity index is 4.08. The SMILES string of the molecule is CC(=O)OCC(C)(C)C(C)CCC=C(C)C. The fraction of sp³-hybridized carbons (Fsp3) is 0.786. The lowest BCUT2D eigenvalue weighted by atomic mass is 9.78. The van der Waals surface area contributed by atoms with E-state index in [1.54, 1.807) is 0 Å². The molecule has 1 unspecified atom stereocenters. The first-order chi connectivity index (χ1) is 7.25. The molecule has 0 rings (SSSR count). The largest absolute Gasteiger partial charge is 0.465 e. The summed E-state index contributed by atoms with van der Waals surface area (Å²) in [5.41, 5.74) is 1.42. The molecule has 2 nitrogen and oxygen atoms in total. The topological polar surface area (TPSA) is 26.3 Å². The van der Waals surface area contributed by atoms with Gasteiger partial charge >= 0.3 is 5.97 Å². The van der Waals surface area contributed by atoms with Crippen LogP contribution in [0.1, 0.15) is 54.4 Å². The normalized spacial score (nSPS) is 13.1. The Morgan fingerprint density at radius 3 is 2.31 bits per heavy atom. The average molecular weight is 226 g/mol. The molecule has 0 aromatic carbocycles. The number of hydrogen-bond acceptors (Lipinski definition) is 2. The van der Waals surface area contributed by atoms with Crippen LogP contribution in [0.5, 0.6) is 0 Å². The minimum absolute atomic E-state index is 0.0567. The lowest BCUT2D eigenvalue weighted by molar-refractivity contribution is -0.145. The van der Waals surface area contributed by atoms with Gasteiger partial charge in [0.2, 0.25) is 0 Å². The van der Waals surface area contributed by atoms with Crippen molar-refractivity contribution in [2.75, 3.05) is 6.61 Å². The van der Waals surface area contributed by atoms with Crippen LogP contribution in [0.2, 0.25) is 0 Å². The second kappa shape index (κ2) is 6.72. The molecule has 0 amide bonds. The maximum absolute atomic E-state index is 10.8. The maximum atomic E-state index is 10.8. The van der Waals surface area contributed by atoms with Crippen molar-refractivity contribution >= 4 is 5.97 Å². The highest BCUT2D eigenvalue weighted by atomic mass is 16.5. The van der Waals surface area contributed by atoms with E-state index in [0.717, 1.165) is 12.8 Å². The lowest BCUT2D eigenvalue weighted by Gasteiger charge is -2.31. The van der Waals surface area contributed by atoms with E-state index in [1.807, 2.05) is 0 Å². The molecule has 1 atom stereocenters. The van der Waals surface area contributed by atoms with Crippen LogP contribution >= 0.6 is 0 Å². The summed E-state index contributed by atoms with van der Waals surface area (Å²) >= 11 is 0. The van der Waals surface area contributed by atoms with Gasteiger partial charge < -0.3 is 4.74 Å². The van der Waals surface area contributed by atoms with Crippen molar-refractivity contribution in [3.8, 4) is 0 Å². The van der Waals surface area contributed by atoms with E-state index >= 15 is 0 Å². The molecule has 0 aliphatic heterocycles. The highest BCUT2D eigenvalue weighted by Crippen LogP contribution is 2.30. The zero-order valence-electron chi connectivity index (χ0n) is 11.6. The molecule has 0 N–H and O–H groups in total. The fourth-order valence-electron chi connectivity index (χ4n) is 1.44. The quantitative estimate of drug-likeness (QED) is 0.506. The second-order valence-corrected chi connectivity index (χ2v) is 5.53.